The standard InChI is InChI=1S/C15H20N4O/c1-2-20-13-7-5-6-12(10-13)16-11-15-18-17-14-8-3-4-9-19(14)15/h5-7,10,16H,2-4,8-9,11H2,1H3. The number of hydrogen-bond acceptors (Lipinski definition) is 4. The zero-order chi connectivity index (χ0) is 13.8. The molecule has 0 saturated carbocycles. The molecule has 0 aliphatic carbocycles. The van der Waals surface area contributed by atoms with Gasteiger partial charge in [0.1, 0.15) is 11.6 Å². The second-order valence-electron chi connectivity index (χ2n) is 4.96. The highest BCUT2D eigenvalue weighted by atomic mass is 16.5. The van der Waals surface area contributed by atoms with E-state index < -0.39 is 0 Å². The SMILES string of the molecule is CCOc1cccc(NCc2nnc3n2CCCC3)c1. The van der Waals surface area contributed by atoms with Crippen molar-refractivity contribution in [3.8, 4) is 5.75 Å². The molecule has 1 aromatic heterocycles. The number of benzene rings is 1. The van der Waals surface area contributed by atoms with Crippen molar-refractivity contribution in [1.82, 2.24) is 14.8 Å². The Bertz CT molecular complexity index is 579. The fourth-order valence-electron chi connectivity index (χ4n) is 2.54. The van der Waals surface area contributed by atoms with E-state index in [1.165, 1.54) is 12.8 Å². The molecule has 2 heterocycles. The van der Waals surface area contributed by atoms with Crippen LogP contribution in [-0.4, -0.2) is 21.4 Å². The van der Waals surface area contributed by atoms with Crippen molar-refractivity contribution >= 4 is 5.69 Å². The van der Waals surface area contributed by atoms with E-state index in [4.69, 9.17) is 4.74 Å². The molecule has 3 rings (SSSR count). The fraction of sp³-hybridized carbons (Fsp3) is 0.467. The zero-order valence-corrected chi connectivity index (χ0v) is 11.8. The van der Waals surface area contributed by atoms with E-state index in [-0.39, 0.29) is 0 Å². The van der Waals surface area contributed by atoms with E-state index >= 15 is 0 Å². The number of fused-ring (bicyclic) bond motifs is 1. The summed E-state index contributed by atoms with van der Waals surface area (Å²) in [7, 11) is 0. The van der Waals surface area contributed by atoms with Gasteiger partial charge >= 0.3 is 0 Å². The van der Waals surface area contributed by atoms with Crippen LogP contribution in [0.15, 0.2) is 24.3 Å². The lowest BCUT2D eigenvalue weighted by Crippen LogP contribution is -2.15. The number of nitrogens with zero attached hydrogens (tertiary/aromatic N) is 3. The molecule has 0 atom stereocenters. The van der Waals surface area contributed by atoms with E-state index in [9.17, 15) is 0 Å². The first-order valence-electron chi connectivity index (χ1n) is 7.24. The molecule has 1 aliphatic rings. The van der Waals surface area contributed by atoms with Crippen LogP contribution in [0.5, 0.6) is 5.75 Å². The monoisotopic (exact) mass is 272 g/mol. The predicted molar refractivity (Wildman–Crippen MR) is 77.9 cm³/mol. The van der Waals surface area contributed by atoms with Gasteiger partial charge in [-0.2, -0.15) is 0 Å². The Labute approximate surface area is 119 Å². The maximum absolute atomic E-state index is 5.50. The van der Waals surface area contributed by atoms with E-state index in [0.29, 0.717) is 13.2 Å². The van der Waals surface area contributed by atoms with Crippen LogP contribution in [-0.2, 0) is 19.5 Å². The summed E-state index contributed by atoms with van der Waals surface area (Å²) in [5.74, 6) is 3.03. The first-order valence-corrected chi connectivity index (χ1v) is 7.24. The molecule has 5 nitrogen and oxygen atoms in total. The smallest absolute Gasteiger partial charge is 0.152 e. The Kier molecular flexibility index (Phi) is 3.85. The van der Waals surface area contributed by atoms with Crippen LogP contribution < -0.4 is 10.1 Å². The molecule has 20 heavy (non-hydrogen) atoms. The summed E-state index contributed by atoms with van der Waals surface area (Å²) in [4.78, 5) is 0. The van der Waals surface area contributed by atoms with Crippen LogP contribution in [0.4, 0.5) is 5.69 Å². The molecule has 1 aromatic carbocycles. The minimum absolute atomic E-state index is 0.682. The third kappa shape index (κ3) is 2.76. The molecule has 0 unspecified atom stereocenters. The molecule has 0 fully saturated rings. The Morgan fingerprint density at radius 3 is 3.15 bits per heavy atom. The van der Waals surface area contributed by atoms with E-state index in [0.717, 1.165) is 36.1 Å². The lowest BCUT2D eigenvalue weighted by Gasteiger charge is -2.15. The molecular weight excluding hydrogens is 252 g/mol. The van der Waals surface area contributed by atoms with Crippen LogP contribution in [0.3, 0.4) is 0 Å². The van der Waals surface area contributed by atoms with Crippen molar-refractivity contribution in [1.29, 1.82) is 0 Å². The topological polar surface area (TPSA) is 52.0 Å². The first-order chi connectivity index (χ1) is 9.86. The summed E-state index contributed by atoms with van der Waals surface area (Å²) in [5, 5.41) is 11.9. The van der Waals surface area contributed by atoms with Crippen LogP contribution in [0, 0.1) is 0 Å². The molecule has 0 radical (unpaired) electrons. The van der Waals surface area contributed by atoms with Gasteiger partial charge in [-0.1, -0.05) is 6.07 Å². The van der Waals surface area contributed by atoms with Gasteiger partial charge in [0.25, 0.3) is 0 Å². The highest BCUT2D eigenvalue weighted by Crippen LogP contribution is 2.19. The van der Waals surface area contributed by atoms with E-state index in [1.807, 2.05) is 31.2 Å². The average Bonchev–Trinajstić information content (AvgIpc) is 2.89. The molecule has 1 aliphatic heterocycles. The van der Waals surface area contributed by atoms with Gasteiger partial charge < -0.3 is 14.6 Å². The minimum atomic E-state index is 0.682. The van der Waals surface area contributed by atoms with Crippen LogP contribution in [0.25, 0.3) is 0 Å². The predicted octanol–water partition coefficient (Wildman–Crippen LogP) is 2.63. The number of anilines is 1. The van der Waals surface area contributed by atoms with Crippen LogP contribution in [0.1, 0.15) is 31.4 Å². The third-order valence-electron chi connectivity index (χ3n) is 3.53. The summed E-state index contributed by atoms with van der Waals surface area (Å²) in [6.07, 6.45) is 3.49. The van der Waals surface area contributed by atoms with Crippen LogP contribution in [0.2, 0.25) is 0 Å². The summed E-state index contributed by atoms with van der Waals surface area (Å²) < 4.78 is 7.74. The Balaban J connectivity index is 1.67. The van der Waals surface area contributed by atoms with Gasteiger partial charge in [-0.05, 0) is 31.9 Å². The van der Waals surface area contributed by atoms with Crippen molar-refractivity contribution < 1.29 is 4.74 Å². The van der Waals surface area contributed by atoms with Gasteiger partial charge in [-0.15, -0.1) is 10.2 Å². The highest BCUT2D eigenvalue weighted by molar-refractivity contribution is 5.48. The highest BCUT2D eigenvalue weighted by Gasteiger charge is 2.15. The lowest BCUT2D eigenvalue weighted by atomic mass is 10.2. The number of hydrogen-bond donors (Lipinski definition) is 1. The van der Waals surface area contributed by atoms with Gasteiger partial charge in [-0.25, -0.2) is 0 Å². The van der Waals surface area contributed by atoms with Gasteiger partial charge in [0, 0.05) is 24.7 Å². The van der Waals surface area contributed by atoms with Crippen molar-refractivity contribution in [3.05, 3.63) is 35.9 Å². The van der Waals surface area contributed by atoms with E-state index in [1.54, 1.807) is 0 Å². The Hall–Kier alpha value is -2.04. The second-order valence-corrected chi connectivity index (χ2v) is 4.96. The largest absolute Gasteiger partial charge is 0.494 e. The van der Waals surface area contributed by atoms with Crippen molar-refractivity contribution in [2.24, 2.45) is 0 Å². The molecule has 0 spiro atoms. The van der Waals surface area contributed by atoms with Crippen molar-refractivity contribution in [2.45, 2.75) is 39.3 Å². The summed E-state index contributed by atoms with van der Waals surface area (Å²) in [5.41, 5.74) is 1.05. The average molecular weight is 272 g/mol. The van der Waals surface area contributed by atoms with Crippen molar-refractivity contribution in [2.75, 3.05) is 11.9 Å². The lowest BCUT2D eigenvalue weighted by molar-refractivity contribution is 0.340. The fourth-order valence-corrected chi connectivity index (χ4v) is 2.54. The molecule has 0 saturated heterocycles. The number of rotatable bonds is 5. The van der Waals surface area contributed by atoms with Crippen LogP contribution >= 0.6 is 0 Å². The van der Waals surface area contributed by atoms with E-state index in [2.05, 4.69) is 20.1 Å². The van der Waals surface area contributed by atoms with Gasteiger partial charge in [0.2, 0.25) is 0 Å². The molecule has 1 N–H and O–H groups in total. The summed E-state index contributed by atoms with van der Waals surface area (Å²) in [6.45, 7) is 4.41. The third-order valence-corrected chi connectivity index (χ3v) is 3.53. The first kappa shape index (κ1) is 13.0. The molecule has 0 amide bonds. The number of aromatic nitrogens is 3. The molecule has 0 bridgehead atoms. The Morgan fingerprint density at radius 1 is 1.30 bits per heavy atom. The van der Waals surface area contributed by atoms with Gasteiger partial charge in [-0.3, -0.25) is 0 Å². The second kappa shape index (κ2) is 5.94. The minimum Gasteiger partial charge on any atom is -0.494 e. The number of ether oxygens (including phenoxy) is 1. The maximum Gasteiger partial charge on any atom is 0.152 e. The summed E-state index contributed by atoms with van der Waals surface area (Å²) in [6, 6.07) is 8.01. The van der Waals surface area contributed by atoms with Crippen molar-refractivity contribution in [3.63, 3.8) is 0 Å². The molecule has 106 valence electrons. The normalized spacial score (nSPS) is 13.8. The summed E-state index contributed by atoms with van der Waals surface area (Å²) >= 11 is 0. The maximum atomic E-state index is 5.50. The van der Waals surface area contributed by atoms with Gasteiger partial charge in [0.05, 0.1) is 13.2 Å². The molecule has 5 heteroatoms. The quantitative estimate of drug-likeness (QED) is 0.909. The number of nitrogens with one attached hydrogen (secondary N) is 1. The molecule has 2 aromatic rings. The van der Waals surface area contributed by atoms with Gasteiger partial charge in [0.15, 0.2) is 5.82 Å². The number of aryl methyl sites for hydroxylation is 1. The molecular formula is C15H20N4O. The zero-order valence-electron chi connectivity index (χ0n) is 11.8. The Morgan fingerprint density at radius 2 is 2.25 bits per heavy atom.